The summed E-state index contributed by atoms with van der Waals surface area (Å²) in [4.78, 5) is 22.3. The van der Waals surface area contributed by atoms with E-state index in [-0.39, 0.29) is 11.9 Å². The van der Waals surface area contributed by atoms with Crippen LogP contribution in [0.25, 0.3) is 10.1 Å². The molecular formula is C20H26N4OS. The Morgan fingerprint density at radius 1 is 1.19 bits per heavy atom. The number of nitrogens with one attached hydrogen (secondary N) is 1. The predicted octanol–water partition coefficient (Wildman–Crippen LogP) is 3.11. The average Bonchev–Trinajstić information content (AvgIpc) is 3.25. The van der Waals surface area contributed by atoms with Crippen molar-refractivity contribution in [1.82, 2.24) is 15.2 Å². The van der Waals surface area contributed by atoms with Crippen LogP contribution >= 0.6 is 11.3 Å². The largest absolute Gasteiger partial charge is 0.370 e. The summed E-state index contributed by atoms with van der Waals surface area (Å²) >= 11 is 1.66. The van der Waals surface area contributed by atoms with E-state index in [0.29, 0.717) is 5.69 Å². The first-order valence-corrected chi connectivity index (χ1v) is 10.8. The Labute approximate surface area is 158 Å². The van der Waals surface area contributed by atoms with Crippen LogP contribution in [0, 0.1) is 5.92 Å². The van der Waals surface area contributed by atoms with Gasteiger partial charge in [0.25, 0.3) is 5.91 Å². The molecule has 5 rings (SSSR count). The van der Waals surface area contributed by atoms with E-state index in [0.717, 1.165) is 36.7 Å². The smallest absolute Gasteiger partial charge is 0.271 e. The minimum Gasteiger partial charge on any atom is -0.370 e. The van der Waals surface area contributed by atoms with Gasteiger partial charge in [-0.3, -0.25) is 4.79 Å². The van der Waals surface area contributed by atoms with Gasteiger partial charge < -0.3 is 15.1 Å². The zero-order chi connectivity index (χ0) is 17.5. The van der Waals surface area contributed by atoms with Crippen molar-refractivity contribution in [3.05, 3.63) is 23.3 Å². The molecule has 0 radical (unpaired) electrons. The van der Waals surface area contributed by atoms with E-state index in [9.17, 15) is 4.79 Å². The Kier molecular flexibility index (Phi) is 4.33. The number of amides is 1. The van der Waals surface area contributed by atoms with Gasteiger partial charge in [0.15, 0.2) is 0 Å². The van der Waals surface area contributed by atoms with Gasteiger partial charge in [0.2, 0.25) is 0 Å². The number of carbonyl (C=O) groups excluding carboxylic acids is 1. The summed E-state index contributed by atoms with van der Waals surface area (Å²) in [5.41, 5.74) is 1.88. The monoisotopic (exact) mass is 370 g/mol. The Hall–Kier alpha value is -1.66. The number of thiophene rings is 1. The van der Waals surface area contributed by atoms with Gasteiger partial charge in [-0.15, -0.1) is 11.3 Å². The number of nitrogens with zero attached hydrogens (tertiary/aromatic N) is 3. The Balaban J connectivity index is 1.38. The average molecular weight is 371 g/mol. The Bertz CT molecular complexity index is 801. The molecule has 0 aliphatic carbocycles. The van der Waals surface area contributed by atoms with E-state index in [2.05, 4.69) is 31.5 Å². The lowest BCUT2D eigenvalue weighted by Crippen LogP contribution is -2.47. The standard InChI is InChI=1S/C20H26N4OS/c25-20(22-15-10-14-5-9-23(11-14)12-15)18-19-16(4-6-21-18)17(13-26-19)24-7-2-1-3-8-24/h4,6,13-15H,1-3,5,7-12H2,(H,22,25)/t14-,15-/m1/s1. The van der Waals surface area contributed by atoms with Gasteiger partial charge >= 0.3 is 0 Å². The van der Waals surface area contributed by atoms with Gasteiger partial charge in [0.1, 0.15) is 5.69 Å². The number of hydrogen-bond donors (Lipinski definition) is 1. The van der Waals surface area contributed by atoms with E-state index in [1.165, 1.54) is 49.8 Å². The second-order valence-electron chi connectivity index (χ2n) is 8.03. The number of carbonyl (C=O) groups is 1. The summed E-state index contributed by atoms with van der Waals surface area (Å²) in [7, 11) is 0. The summed E-state index contributed by atoms with van der Waals surface area (Å²) in [5.74, 6) is 0.750. The number of pyridine rings is 1. The number of rotatable bonds is 3. The van der Waals surface area contributed by atoms with E-state index < -0.39 is 0 Å². The van der Waals surface area contributed by atoms with Crippen molar-refractivity contribution in [2.75, 3.05) is 37.6 Å². The van der Waals surface area contributed by atoms with Crippen molar-refractivity contribution >= 4 is 33.0 Å². The van der Waals surface area contributed by atoms with E-state index in [1.807, 2.05) is 0 Å². The lowest BCUT2D eigenvalue weighted by Gasteiger charge is -2.30. The van der Waals surface area contributed by atoms with Crippen LogP contribution in [0.3, 0.4) is 0 Å². The molecule has 0 spiro atoms. The van der Waals surface area contributed by atoms with Crippen LogP contribution in [0.2, 0.25) is 0 Å². The molecule has 0 saturated carbocycles. The molecule has 2 aromatic rings. The molecule has 26 heavy (non-hydrogen) atoms. The van der Waals surface area contributed by atoms with Crippen LogP contribution in [0.15, 0.2) is 17.6 Å². The molecule has 2 bridgehead atoms. The predicted molar refractivity (Wildman–Crippen MR) is 106 cm³/mol. The molecule has 3 saturated heterocycles. The van der Waals surface area contributed by atoms with Crippen LogP contribution in [-0.4, -0.2) is 54.6 Å². The third-order valence-corrected chi connectivity index (χ3v) is 7.17. The first-order valence-electron chi connectivity index (χ1n) is 9.92. The van der Waals surface area contributed by atoms with Crippen molar-refractivity contribution in [2.24, 2.45) is 5.92 Å². The van der Waals surface area contributed by atoms with Gasteiger partial charge in [0, 0.05) is 49.2 Å². The fourth-order valence-corrected chi connectivity index (χ4v) is 5.97. The third kappa shape index (κ3) is 2.99. The highest BCUT2D eigenvalue weighted by atomic mass is 32.1. The molecule has 3 atom stereocenters. The van der Waals surface area contributed by atoms with Gasteiger partial charge in [-0.05, 0) is 50.6 Å². The molecule has 138 valence electrons. The molecule has 1 N–H and O–H groups in total. The Morgan fingerprint density at radius 3 is 2.92 bits per heavy atom. The first kappa shape index (κ1) is 16.5. The summed E-state index contributed by atoms with van der Waals surface area (Å²) in [5, 5.41) is 6.66. The number of anilines is 1. The van der Waals surface area contributed by atoms with E-state index in [4.69, 9.17) is 0 Å². The topological polar surface area (TPSA) is 48.5 Å². The highest BCUT2D eigenvalue weighted by Gasteiger charge is 2.33. The van der Waals surface area contributed by atoms with Crippen molar-refractivity contribution < 1.29 is 4.79 Å². The van der Waals surface area contributed by atoms with Crippen LogP contribution in [0.1, 0.15) is 42.6 Å². The maximum absolute atomic E-state index is 12.9. The van der Waals surface area contributed by atoms with Crippen LogP contribution in [-0.2, 0) is 0 Å². The number of fused-ring (bicyclic) bond motifs is 3. The highest BCUT2D eigenvalue weighted by Crippen LogP contribution is 2.36. The number of piperidine rings is 2. The summed E-state index contributed by atoms with van der Waals surface area (Å²) in [6.45, 7) is 5.63. The number of aromatic nitrogens is 1. The van der Waals surface area contributed by atoms with Crippen LogP contribution in [0.4, 0.5) is 5.69 Å². The minimum absolute atomic E-state index is 0.00450. The molecule has 5 heterocycles. The SMILES string of the molecule is O=C(N[C@@H]1C[C@H]2CCN(C2)C1)c1nccc2c(N3CCCCC3)csc12. The van der Waals surface area contributed by atoms with E-state index in [1.54, 1.807) is 17.5 Å². The molecule has 1 unspecified atom stereocenters. The maximum atomic E-state index is 12.9. The van der Waals surface area contributed by atoms with Gasteiger partial charge in [-0.1, -0.05) is 0 Å². The summed E-state index contributed by atoms with van der Waals surface area (Å²) in [6, 6.07) is 2.33. The summed E-state index contributed by atoms with van der Waals surface area (Å²) in [6.07, 6.45) is 8.04. The van der Waals surface area contributed by atoms with Crippen molar-refractivity contribution in [1.29, 1.82) is 0 Å². The fourth-order valence-electron chi connectivity index (χ4n) is 4.91. The molecule has 1 amide bonds. The molecule has 5 nitrogen and oxygen atoms in total. The molecule has 3 fully saturated rings. The zero-order valence-corrected chi connectivity index (χ0v) is 15.9. The van der Waals surface area contributed by atoms with Crippen LogP contribution in [0.5, 0.6) is 0 Å². The van der Waals surface area contributed by atoms with Crippen molar-refractivity contribution in [3.63, 3.8) is 0 Å². The second-order valence-corrected chi connectivity index (χ2v) is 8.90. The normalized spacial score (nSPS) is 28.5. The molecule has 2 aromatic heterocycles. The van der Waals surface area contributed by atoms with Gasteiger partial charge in [0.05, 0.1) is 10.4 Å². The third-order valence-electron chi connectivity index (χ3n) is 6.18. The first-order chi connectivity index (χ1) is 12.8. The quantitative estimate of drug-likeness (QED) is 0.902. The van der Waals surface area contributed by atoms with Gasteiger partial charge in [-0.2, -0.15) is 0 Å². The van der Waals surface area contributed by atoms with Crippen molar-refractivity contribution in [3.8, 4) is 0 Å². The van der Waals surface area contributed by atoms with Gasteiger partial charge in [-0.25, -0.2) is 4.98 Å². The van der Waals surface area contributed by atoms with Crippen LogP contribution < -0.4 is 10.2 Å². The maximum Gasteiger partial charge on any atom is 0.271 e. The lowest BCUT2D eigenvalue weighted by atomic mass is 9.97. The van der Waals surface area contributed by atoms with E-state index >= 15 is 0 Å². The highest BCUT2D eigenvalue weighted by molar-refractivity contribution is 7.18. The van der Waals surface area contributed by atoms with Crippen molar-refractivity contribution in [2.45, 2.75) is 38.1 Å². The molecule has 3 aliphatic heterocycles. The molecule has 0 aromatic carbocycles. The fraction of sp³-hybridized carbons (Fsp3) is 0.600. The molecule has 3 aliphatic rings. The lowest BCUT2D eigenvalue weighted by molar-refractivity contribution is 0.0906. The summed E-state index contributed by atoms with van der Waals surface area (Å²) < 4.78 is 1.03. The minimum atomic E-state index is -0.00450. The number of hydrogen-bond acceptors (Lipinski definition) is 5. The Morgan fingerprint density at radius 2 is 2.08 bits per heavy atom. The molecule has 6 heteroatoms. The zero-order valence-electron chi connectivity index (χ0n) is 15.1. The molecular weight excluding hydrogens is 344 g/mol. The second kappa shape index (κ2) is 6.82.